The molecule has 1 aromatic heterocycles. The zero-order valence-electron chi connectivity index (χ0n) is 9.59. The van der Waals surface area contributed by atoms with Crippen LogP contribution in [0, 0.1) is 12.7 Å². The van der Waals surface area contributed by atoms with Gasteiger partial charge in [-0.1, -0.05) is 0 Å². The third kappa shape index (κ3) is 4.08. The van der Waals surface area contributed by atoms with Crippen LogP contribution in [0.4, 0.5) is 10.2 Å². The van der Waals surface area contributed by atoms with Gasteiger partial charge in [0.1, 0.15) is 6.33 Å². The highest BCUT2D eigenvalue weighted by atomic mass is 19.1. The fraction of sp³-hybridized carbons (Fsp3) is 0.600. The number of hydrogen-bond donors (Lipinski definition) is 2. The molecule has 0 aliphatic heterocycles. The van der Waals surface area contributed by atoms with Gasteiger partial charge in [-0.3, -0.25) is 0 Å². The van der Waals surface area contributed by atoms with E-state index in [1.54, 1.807) is 14.0 Å². The number of aryl methyl sites for hydroxylation is 1. The molecule has 1 rings (SSSR count). The van der Waals surface area contributed by atoms with E-state index in [0.717, 1.165) is 13.1 Å². The predicted molar refractivity (Wildman–Crippen MR) is 60.0 cm³/mol. The molecule has 0 spiro atoms. The van der Waals surface area contributed by atoms with E-state index >= 15 is 0 Å². The normalized spacial score (nSPS) is 10.4. The maximum atomic E-state index is 13.4. The van der Waals surface area contributed by atoms with Gasteiger partial charge in [-0.15, -0.1) is 0 Å². The van der Waals surface area contributed by atoms with Crippen LogP contribution in [0.15, 0.2) is 6.33 Å². The summed E-state index contributed by atoms with van der Waals surface area (Å²) in [6, 6.07) is 0. The Kier molecular flexibility index (Phi) is 5.66. The van der Waals surface area contributed by atoms with Gasteiger partial charge in [0.2, 0.25) is 0 Å². The lowest BCUT2D eigenvalue weighted by Crippen LogP contribution is -2.26. The van der Waals surface area contributed by atoms with E-state index in [1.165, 1.54) is 6.33 Å². The smallest absolute Gasteiger partial charge is 0.186 e. The zero-order chi connectivity index (χ0) is 11.8. The van der Waals surface area contributed by atoms with Gasteiger partial charge in [-0.05, 0) is 6.92 Å². The molecule has 1 heterocycles. The molecule has 0 radical (unpaired) electrons. The van der Waals surface area contributed by atoms with Crippen molar-refractivity contribution in [1.29, 1.82) is 0 Å². The minimum absolute atomic E-state index is 0.251. The minimum Gasteiger partial charge on any atom is -0.383 e. The fourth-order valence-electron chi connectivity index (χ4n) is 1.15. The van der Waals surface area contributed by atoms with Crippen molar-refractivity contribution >= 4 is 5.82 Å². The van der Waals surface area contributed by atoms with Crippen molar-refractivity contribution in [3.05, 3.63) is 17.8 Å². The zero-order valence-corrected chi connectivity index (χ0v) is 9.59. The third-order valence-electron chi connectivity index (χ3n) is 2.04. The van der Waals surface area contributed by atoms with Crippen LogP contribution in [0.2, 0.25) is 0 Å². The van der Waals surface area contributed by atoms with Gasteiger partial charge in [0.25, 0.3) is 0 Å². The highest BCUT2D eigenvalue weighted by Gasteiger charge is 2.05. The molecule has 0 atom stereocenters. The summed E-state index contributed by atoms with van der Waals surface area (Å²) in [6.07, 6.45) is 1.35. The molecule has 0 amide bonds. The molecule has 5 nitrogen and oxygen atoms in total. The monoisotopic (exact) mass is 228 g/mol. The molecule has 6 heteroatoms. The van der Waals surface area contributed by atoms with Crippen LogP contribution in [0.25, 0.3) is 0 Å². The topological polar surface area (TPSA) is 59.1 Å². The average Bonchev–Trinajstić information content (AvgIpc) is 2.29. The Morgan fingerprint density at radius 1 is 1.31 bits per heavy atom. The summed E-state index contributed by atoms with van der Waals surface area (Å²) in [6.45, 7) is 4.40. The summed E-state index contributed by atoms with van der Waals surface area (Å²) in [5, 5.41) is 6.04. The van der Waals surface area contributed by atoms with E-state index in [1.807, 2.05) is 0 Å². The van der Waals surface area contributed by atoms with E-state index in [9.17, 15) is 4.39 Å². The van der Waals surface area contributed by atoms with E-state index in [-0.39, 0.29) is 11.6 Å². The van der Waals surface area contributed by atoms with Crippen LogP contribution < -0.4 is 10.6 Å². The van der Waals surface area contributed by atoms with Gasteiger partial charge in [0, 0.05) is 26.7 Å². The van der Waals surface area contributed by atoms with Crippen molar-refractivity contribution in [3.63, 3.8) is 0 Å². The molecule has 0 aromatic carbocycles. The van der Waals surface area contributed by atoms with E-state index < -0.39 is 0 Å². The van der Waals surface area contributed by atoms with E-state index in [2.05, 4.69) is 20.6 Å². The molecule has 0 aliphatic rings. The second kappa shape index (κ2) is 7.08. The molecule has 1 aromatic rings. The molecule has 2 N–H and O–H groups in total. The van der Waals surface area contributed by atoms with E-state index in [4.69, 9.17) is 4.74 Å². The first kappa shape index (κ1) is 12.8. The largest absolute Gasteiger partial charge is 0.383 e. The third-order valence-corrected chi connectivity index (χ3v) is 2.04. The summed E-state index contributed by atoms with van der Waals surface area (Å²) < 4.78 is 18.3. The van der Waals surface area contributed by atoms with Gasteiger partial charge in [0.05, 0.1) is 12.3 Å². The molecule has 0 saturated heterocycles. The number of nitrogens with zero attached hydrogens (tertiary/aromatic N) is 2. The number of hydrogen-bond acceptors (Lipinski definition) is 5. The summed E-state index contributed by atoms with van der Waals surface area (Å²) in [4.78, 5) is 7.57. The quantitative estimate of drug-likeness (QED) is 0.668. The van der Waals surface area contributed by atoms with Gasteiger partial charge in [-0.2, -0.15) is 0 Å². The lowest BCUT2D eigenvalue weighted by molar-refractivity contribution is 0.200. The SMILES string of the molecule is COCCNCCNc1ncnc(C)c1F. The van der Waals surface area contributed by atoms with Gasteiger partial charge < -0.3 is 15.4 Å². The number of halogens is 1. The summed E-state index contributed by atoms with van der Waals surface area (Å²) in [5.74, 6) is -0.138. The van der Waals surface area contributed by atoms with Crippen LogP contribution in [0.5, 0.6) is 0 Å². The summed E-state index contributed by atoms with van der Waals surface area (Å²) in [7, 11) is 1.65. The van der Waals surface area contributed by atoms with Crippen molar-refractivity contribution < 1.29 is 9.13 Å². The summed E-state index contributed by atoms with van der Waals surface area (Å²) in [5.41, 5.74) is 0.352. The van der Waals surface area contributed by atoms with Crippen molar-refractivity contribution in [3.8, 4) is 0 Å². The van der Waals surface area contributed by atoms with Crippen molar-refractivity contribution in [2.75, 3.05) is 38.7 Å². The van der Waals surface area contributed by atoms with E-state index in [0.29, 0.717) is 18.8 Å². The van der Waals surface area contributed by atoms with Crippen LogP contribution in [-0.2, 0) is 4.74 Å². The molecule has 0 aliphatic carbocycles. The van der Waals surface area contributed by atoms with Crippen LogP contribution in [0.3, 0.4) is 0 Å². The Bertz CT molecular complexity index is 322. The first-order valence-corrected chi connectivity index (χ1v) is 5.16. The molecular formula is C10H17FN4O. The van der Waals surface area contributed by atoms with Crippen molar-refractivity contribution in [2.45, 2.75) is 6.92 Å². The Balaban J connectivity index is 2.24. The fourth-order valence-corrected chi connectivity index (χ4v) is 1.15. The molecular weight excluding hydrogens is 211 g/mol. The first-order chi connectivity index (χ1) is 7.75. The molecule has 0 bridgehead atoms. The van der Waals surface area contributed by atoms with Crippen molar-refractivity contribution in [2.24, 2.45) is 0 Å². The number of aromatic nitrogens is 2. The van der Waals surface area contributed by atoms with Crippen LogP contribution in [-0.4, -0.2) is 43.3 Å². The second-order valence-corrected chi connectivity index (χ2v) is 3.29. The van der Waals surface area contributed by atoms with Gasteiger partial charge in [-0.25, -0.2) is 14.4 Å². The number of ether oxygens (including phenoxy) is 1. The Morgan fingerprint density at radius 2 is 2.12 bits per heavy atom. The number of methoxy groups -OCH3 is 1. The maximum Gasteiger partial charge on any atom is 0.186 e. The maximum absolute atomic E-state index is 13.4. The molecule has 0 fully saturated rings. The standard InChI is InChI=1S/C10H17FN4O/c1-8-9(11)10(15-7-14-8)13-4-3-12-5-6-16-2/h7,12H,3-6H2,1-2H3,(H,13,14,15). The second-order valence-electron chi connectivity index (χ2n) is 3.29. The highest BCUT2D eigenvalue weighted by Crippen LogP contribution is 2.10. The number of nitrogens with one attached hydrogen (secondary N) is 2. The Morgan fingerprint density at radius 3 is 2.88 bits per heavy atom. The lowest BCUT2D eigenvalue weighted by atomic mass is 10.4. The summed E-state index contributed by atoms with van der Waals surface area (Å²) >= 11 is 0. The van der Waals surface area contributed by atoms with Gasteiger partial charge in [0.15, 0.2) is 11.6 Å². The Hall–Kier alpha value is -1.27. The molecule has 0 saturated carbocycles. The molecule has 90 valence electrons. The minimum atomic E-state index is -0.389. The predicted octanol–water partition coefficient (Wildman–Crippen LogP) is 0.572. The number of anilines is 1. The molecule has 16 heavy (non-hydrogen) atoms. The Labute approximate surface area is 94.4 Å². The highest BCUT2D eigenvalue weighted by molar-refractivity contribution is 5.36. The average molecular weight is 228 g/mol. The first-order valence-electron chi connectivity index (χ1n) is 5.16. The van der Waals surface area contributed by atoms with Crippen LogP contribution in [0.1, 0.15) is 5.69 Å². The van der Waals surface area contributed by atoms with Crippen LogP contribution >= 0.6 is 0 Å². The van der Waals surface area contributed by atoms with Gasteiger partial charge >= 0.3 is 0 Å². The molecule has 0 unspecified atom stereocenters. The van der Waals surface area contributed by atoms with Crippen molar-refractivity contribution in [1.82, 2.24) is 15.3 Å². The lowest BCUT2D eigenvalue weighted by Gasteiger charge is -2.08. The number of rotatable bonds is 7.